The fraction of sp³-hybridized carbons (Fsp3) is 0.588. The molecule has 2 aromatic heterocycles. The first kappa shape index (κ1) is 16.2. The van der Waals surface area contributed by atoms with Crippen LogP contribution in [0.25, 0.3) is 10.2 Å². The van der Waals surface area contributed by atoms with E-state index in [0.717, 1.165) is 41.8 Å². The molecule has 124 valence electrons. The van der Waals surface area contributed by atoms with Crippen LogP contribution < -0.4 is 10.1 Å². The van der Waals surface area contributed by atoms with Crippen molar-refractivity contribution in [2.45, 2.75) is 46.0 Å². The monoisotopic (exact) mass is 333 g/mol. The highest BCUT2D eigenvalue weighted by Crippen LogP contribution is 2.40. The number of hydrogen-bond acceptors (Lipinski definition) is 5. The van der Waals surface area contributed by atoms with Crippen LogP contribution in [0.5, 0.6) is 5.88 Å². The lowest BCUT2D eigenvalue weighted by atomic mass is 9.89. The fourth-order valence-corrected chi connectivity index (χ4v) is 4.29. The van der Waals surface area contributed by atoms with Gasteiger partial charge in [-0.05, 0) is 37.2 Å². The van der Waals surface area contributed by atoms with Crippen molar-refractivity contribution in [1.29, 1.82) is 0 Å². The Labute approximate surface area is 140 Å². The van der Waals surface area contributed by atoms with Crippen molar-refractivity contribution < 1.29 is 9.53 Å². The Kier molecular flexibility index (Phi) is 5.10. The summed E-state index contributed by atoms with van der Waals surface area (Å²) >= 11 is 1.74. The molecule has 0 aromatic carbocycles. The van der Waals surface area contributed by atoms with Crippen LogP contribution in [0.15, 0.2) is 6.33 Å². The molecule has 1 amide bonds. The maximum atomic E-state index is 11.8. The molecule has 0 saturated heterocycles. The molecule has 0 bridgehead atoms. The maximum absolute atomic E-state index is 11.8. The predicted molar refractivity (Wildman–Crippen MR) is 92.0 cm³/mol. The molecule has 5 nitrogen and oxygen atoms in total. The SMILES string of the molecule is CCCCNC(=O)COc1ncnc2sc3c(c12)CCC(C)C3. The Morgan fingerprint density at radius 3 is 3.17 bits per heavy atom. The van der Waals surface area contributed by atoms with Crippen LogP contribution in [-0.4, -0.2) is 29.0 Å². The Hall–Kier alpha value is -1.69. The number of unbranched alkanes of at least 4 members (excludes halogenated alkanes) is 1. The van der Waals surface area contributed by atoms with Crippen molar-refractivity contribution in [2.75, 3.05) is 13.2 Å². The molecule has 2 aromatic rings. The van der Waals surface area contributed by atoms with Gasteiger partial charge in [0.25, 0.3) is 5.91 Å². The van der Waals surface area contributed by atoms with Crippen LogP contribution in [-0.2, 0) is 17.6 Å². The molecule has 1 aliphatic carbocycles. The van der Waals surface area contributed by atoms with Gasteiger partial charge in [-0.25, -0.2) is 9.97 Å². The Morgan fingerprint density at radius 2 is 2.35 bits per heavy atom. The second kappa shape index (κ2) is 7.25. The van der Waals surface area contributed by atoms with Crippen molar-refractivity contribution >= 4 is 27.5 Å². The summed E-state index contributed by atoms with van der Waals surface area (Å²) < 4.78 is 5.71. The highest BCUT2D eigenvalue weighted by molar-refractivity contribution is 7.18. The first-order valence-corrected chi connectivity index (χ1v) is 9.15. The lowest BCUT2D eigenvalue weighted by Crippen LogP contribution is -2.29. The molecular formula is C17H23N3O2S. The maximum Gasteiger partial charge on any atom is 0.258 e. The van der Waals surface area contributed by atoms with E-state index in [4.69, 9.17) is 4.74 Å². The van der Waals surface area contributed by atoms with E-state index < -0.39 is 0 Å². The summed E-state index contributed by atoms with van der Waals surface area (Å²) in [6, 6.07) is 0. The van der Waals surface area contributed by atoms with E-state index in [9.17, 15) is 4.79 Å². The van der Waals surface area contributed by atoms with Crippen LogP contribution in [0.4, 0.5) is 0 Å². The zero-order valence-electron chi connectivity index (χ0n) is 13.7. The minimum atomic E-state index is -0.0945. The van der Waals surface area contributed by atoms with Crippen LogP contribution in [0, 0.1) is 5.92 Å². The lowest BCUT2D eigenvalue weighted by molar-refractivity contribution is -0.123. The van der Waals surface area contributed by atoms with Crippen molar-refractivity contribution in [2.24, 2.45) is 5.92 Å². The number of nitrogens with zero attached hydrogens (tertiary/aromatic N) is 2. The van der Waals surface area contributed by atoms with Crippen LogP contribution in [0.3, 0.4) is 0 Å². The smallest absolute Gasteiger partial charge is 0.258 e. The van der Waals surface area contributed by atoms with Crippen molar-refractivity contribution in [3.63, 3.8) is 0 Å². The average molecular weight is 333 g/mol. The minimum absolute atomic E-state index is 0.0108. The second-order valence-corrected chi connectivity index (χ2v) is 7.29. The van der Waals surface area contributed by atoms with E-state index >= 15 is 0 Å². The highest BCUT2D eigenvalue weighted by atomic mass is 32.1. The molecule has 6 heteroatoms. The Bertz CT molecular complexity index is 698. The normalized spacial score (nSPS) is 17.0. The second-order valence-electron chi connectivity index (χ2n) is 6.20. The Balaban J connectivity index is 1.75. The number of aromatic nitrogens is 2. The van der Waals surface area contributed by atoms with E-state index in [1.807, 2.05) is 0 Å². The molecule has 1 atom stereocenters. The molecule has 3 rings (SSSR count). The number of carbonyl (C=O) groups is 1. The van der Waals surface area contributed by atoms with E-state index in [-0.39, 0.29) is 12.5 Å². The standard InChI is InChI=1S/C17H23N3O2S/c1-3-4-7-18-14(21)9-22-16-15-12-6-5-11(2)8-13(12)23-17(15)20-10-19-16/h10-11H,3-9H2,1-2H3,(H,18,21). The zero-order chi connectivity index (χ0) is 16.2. The number of aryl methyl sites for hydroxylation is 1. The summed E-state index contributed by atoms with van der Waals surface area (Å²) in [5.74, 6) is 1.17. The summed E-state index contributed by atoms with van der Waals surface area (Å²) in [4.78, 5) is 22.8. The van der Waals surface area contributed by atoms with Gasteiger partial charge in [0.15, 0.2) is 6.61 Å². The average Bonchev–Trinajstić information content (AvgIpc) is 2.91. The van der Waals surface area contributed by atoms with Gasteiger partial charge >= 0.3 is 0 Å². The van der Waals surface area contributed by atoms with Crippen molar-refractivity contribution in [1.82, 2.24) is 15.3 Å². The molecule has 1 unspecified atom stereocenters. The number of nitrogens with one attached hydrogen (secondary N) is 1. The topological polar surface area (TPSA) is 64.1 Å². The van der Waals surface area contributed by atoms with Crippen LogP contribution in [0.1, 0.15) is 43.6 Å². The number of rotatable bonds is 6. The summed E-state index contributed by atoms with van der Waals surface area (Å²) in [6.07, 6.45) is 6.91. The van der Waals surface area contributed by atoms with E-state index in [1.165, 1.54) is 23.2 Å². The molecule has 23 heavy (non-hydrogen) atoms. The number of ether oxygens (including phenoxy) is 1. The van der Waals surface area contributed by atoms with Crippen LogP contribution >= 0.6 is 11.3 Å². The van der Waals surface area contributed by atoms with Crippen molar-refractivity contribution in [3.8, 4) is 5.88 Å². The van der Waals surface area contributed by atoms with Gasteiger partial charge in [-0.15, -0.1) is 11.3 Å². The fourth-order valence-electron chi connectivity index (χ4n) is 2.95. The number of amides is 1. The van der Waals surface area contributed by atoms with Gasteiger partial charge in [0.2, 0.25) is 5.88 Å². The molecule has 0 spiro atoms. The van der Waals surface area contributed by atoms with E-state index in [2.05, 4.69) is 29.1 Å². The van der Waals surface area contributed by atoms with Crippen LogP contribution in [0.2, 0.25) is 0 Å². The third kappa shape index (κ3) is 3.63. The molecule has 2 heterocycles. The largest absolute Gasteiger partial charge is 0.467 e. The van der Waals surface area contributed by atoms with E-state index in [0.29, 0.717) is 12.4 Å². The summed E-state index contributed by atoms with van der Waals surface area (Å²) in [5.41, 5.74) is 1.32. The summed E-state index contributed by atoms with van der Waals surface area (Å²) in [7, 11) is 0. The first-order chi connectivity index (χ1) is 11.2. The van der Waals surface area contributed by atoms with E-state index in [1.54, 1.807) is 11.3 Å². The molecule has 0 saturated carbocycles. The zero-order valence-corrected chi connectivity index (χ0v) is 14.5. The van der Waals surface area contributed by atoms with Gasteiger partial charge in [0, 0.05) is 11.4 Å². The van der Waals surface area contributed by atoms with Gasteiger partial charge in [-0.3, -0.25) is 4.79 Å². The summed E-state index contributed by atoms with van der Waals surface area (Å²) in [5, 5.41) is 3.87. The molecular weight excluding hydrogens is 310 g/mol. The third-order valence-electron chi connectivity index (χ3n) is 4.25. The molecule has 0 fully saturated rings. The number of carbonyl (C=O) groups excluding carboxylic acids is 1. The predicted octanol–water partition coefficient (Wildman–Crippen LogP) is 3.11. The first-order valence-electron chi connectivity index (χ1n) is 8.33. The molecule has 1 N–H and O–H groups in total. The highest BCUT2D eigenvalue weighted by Gasteiger charge is 2.23. The van der Waals surface area contributed by atoms with Crippen molar-refractivity contribution in [3.05, 3.63) is 16.8 Å². The third-order valence-corrected chi connectivity index (χ3v) is 5.41. The van der Waals surface area contributed by atoms with Gasteiger partial charge in [0.05, 0.1) is 5.39 Å². The lowest BCUT2D eigenvalue weighted by Gasteiger charge is -2.18. The van der Waals surface area contributed by atoms with Gasteiger partial charge in [-0.2, -0.15) is 0 Å². The molecule has 1 aliphatic rings. The quantitative estimate of drug-likeness (QED) is 0.825. The number of thiophene rings is 1. The van der Waals surface area contributed by atoms with Gasteiger partial charge in [0.1, 0.15) is 11.2 Å². The molecule has 0 radical (unpaired) electrons. The number of fused-ring (bicyclic) bond motifs is 3. The summed E-state index contributed by atoms with van der Waals surface area (Å²) in [6.45, 7) is 5.10. The number of hydrogen-bond donors (Lipinski definition) is 1. The Morgan fingerprint density at radius 1 is 1.48 bits per heavy atom. The van der Waals surface area contributed by atoms with Gasteiger partial charge < -0.3 is 10.1 Å². The van der Waals surface area contributed by atoms with Gasteiger partial charge in [-0.1, -0.05) is 20.3 Å². The molecule has 0 aliphatic heterocycles. The minimum Gasteiger partial charge on any atom is -0.467 e.